The fourth-order valence-electron chi connectivity index (χ4n) is 7.24. The van der Waals surface area contributed by atoms with Gasteiger partial charge in [0.05, 0.1) is 11.5 Å². The molecule has 388 valence electrons. The molecule has 0 saturated carbocycles. The van der Waals surface area contributed by atoms with Crippen LogP contribution in [-0.2, 0) is 46.2 Å². The molecule has 2 aliphatic heterocycles. The fraction of sp³-hybridized carbons (Fsp3) is 0.292. The van der Waals surface area contributed by atoms with Crippen LogP contribution in [0.3, 0.4) is 0 Å². The topological polar surface area (TPSA) is 280 Å². The van der Waals surface area contributed by atoms with Crippen molar-refractivity contribution in [3.63, 3.8) is 0 Å². The maximum atomic E-state index is 13.4. The van der Waals surface area contributed by atoms with Crippen LogP contribution in [0, 0.1) is 25.5 Å². The molecule has 2 fully saturated rings. The van der Waals surface area contributed by atoms with Crippen molar-refractivity contribution in [2.45, 2.75) is 40.0 Å². The molecule has 0 radical (unpaired) electrons. The Bertz CT molecular complexity index is 3260. The van der Waals surface area contributed by atoms with E-state index in [2.05, 4.69) is 87.3 Å². The summed E-state index contributed by atoms with van der Waals surface area (Å²) in [4.78, 5) is 64.4. The minimum Gasteiger partial charge on any atom is -0.501 e. The van der Waals surface area contributed by atoms with Gasteiger partial charge in [-0.1, -0.05) is 83.9 Å². The Morgan fingerprint density at radius 2 is 1.12 bits per heavy atom. The van der Waals surface area contributed by atoms with Crippen LogP contribution < -0.4 is 30.8 Å². The van der Waals surface area contributed by atoms with E-state index < -0.39 is 77.5 Å². The molecule has 25 heteroatoms. The highest BCUT2D eigenvalue weighted by Crippen LogP contribution is 2.20. The first kappa shape index (κ1) is 55.4. The lowest BCUT2D eigenvalue weighted by atomic mass is 10.1. The molecule has 20 nitrogen and oxygen atoms in total. The number of hydrogen-bond donors (Lipinski definition) is 7. The molecule has 0 aliphatic carbocycles. The fourth-order valence-corrected chi connectivity index (χ4v) is 10.1. The first-order valence-electron chi connectivity index (χ1n) is 22.6. The van der Waals surface area contributed by atoms with Gasteiger partial charge in [-0.15, -0.1) is 0 Å². The van der Waals surface area contributed by atoms with Gasteiger partial charge in [0.1, 0.15) is 11.6 Å². The third kappa shape index (κ3) is 16.6. The molecular formula is C48H53BrF2N10O10S2. The lowest BCUT2D eigenvalue weighted by Crippen LogP contribution is -2.37. The molecule has 73 heavy (non-hydrogen) atoms. The number of carbonyl (C=O) groups is 2. The summed E-state index contributed by atoms with van der Waals surface area (Å²) in [5.74, 6) is -4.64. The number of nitrogens with zero attached hydrogens (tertiary/aromatic N) is 5. The van der Waals surface area contributed by atoms with Crippen LogP contribution >= 0.6 is 15.9 Å². The first-order valence-corrected chi connectivity index (χ1v) is 26.6. The maximum absolute atomic E-state index is 13.4. The van der Waals surface area contributed by atoms with Crippen molar-refractivity contribution >= 4 is 53.7 Å². The molecule has 2 amide bonds. The Kier molecular flexibility index (Phi) is 19.1. The average molecular weight is 1110 g/mol. The predicted octanol–water partition coefficient (Wildman–Crippen LogP) is 3.54. The quantitative estimate of drug-likeness (QED) is 0.0915. The highest BCUT2D eigenvalue weighted by Gasteiger charge is 2.31. The Labute approximate surface area is 427 Å². The highest BCUT2D eigenvalue weighted by atomic mass is 79.9. The monoisotopic (exact) mass is 1110 g/mol. The molecule has 4 heterocycles. The lowest BCUT2D eigenvalue weighted by Gasteiger charge is -2.21. The zero-order valence-corrected chi connectivity index (χ0v) is 42.8. The zero-order chi connectivity index (χ0) is 52.9. The van der Waals surface area contributed by atoms with Gasteiger partial charge >= 0.3 is 0 Å². The van der Waals surface area contributed by atoms with Crippen molar-refractivity contribution < 1.29 is 45.4 Å². The van der Waals surface area contributed by atoms with E-state index in [9.17, 15) is 55.0 Å². The summed E-state index contributed by atoms with van der Waals surface area (Å²) in [5, 5.41) is 24.5. The number of aromatic hydroxyl groups is 2. The number of benzene rings is 4. The van der Waals surface area contributed by atoms with Crippen LogP contribution in [0.25, 0.3) is 0 Å². The number of nitrogens with one attached hydrogen (secondary N) is 5. The maximum Gasteiger partial charge on any atom is 0.295 e. The number of aromatic nitrogens is 4. The van der Waals surface area contributed by atoms with E-state index in [0.29, 0.717) is 37.3 Å². The summed E-state index contributed by atoms with van der Waals surface area (Å²) in [6, 6.07) is 27.6. The van der Waals surface area contributed by atoms with Gasteiger partial charge in [-0.05, 0) is 76.3 Å². The number of H-pyrrole nitrogens is 2. The summed E-state index contributed by atoms with van der Waals surface area (Å²) in [5.41, 5.74) is 2.73. The van der Waals surface area contributed by atoms with Crippen LogP contribution in [0.2, 0.25) is 0 Å². The minimum atomic E-state index is -3.87. The van der Waals surface area contributed by atoms with Gasteiger partial charge < -0.3 is 20.8 Å². The van der Waals surface area contributed by atoms with Crippen LogP contribution in [-0.4, -0.2) is 119 Å². The minimum absolute atomic E-state index is 0.00768. The van der Waals surface area contributed by atoms with Crippen molar-refractivity contribution in [2.24, 2.45) is 0 Å². The van der Waals surface area contributed by atoms with Gasteiger partial charge in [-0.3, -0.25) is 38.9 Å². The molecule has 0 bridgehead atoms. The molecule has 8 rings (SSSR count). The van der Waals surface area contributed by atoms with Crippen molar-refractivity contribution in [2.75, 3.05) is 55.1 Å². The Morgan fingerprint density at radius 1 is 0.644 bits per heavy atom. The van der Waals surface area contributed by atoms with Crippen molar-refractivity contribution in [3.05, 3.63) is 179 Å². The molecule has 0 unspecified atom stereocenters. The van der Waals surface area contributed by atoms with Gasteiger partial charge in [-0.2, -0.15) is 0 Å². The molecular weight excluding hydrogens is 1060 g/mol. The van der Waals surface area contributed by atoms with Gasteiger partial charge in [0.2, 0.25) is 37.5 Å². The Balaban J connectivity index is 0.000000197. The highest BCUT2D eigenvalue weighted by molar-refractivity contribution is 9.10. The van der Waals surface area contributed by atoms with Gasteiger partial charge in [0.15, 0.2) is 16.1 Å². The summed E-state index contributed by atoms with van der Waals surface area (Å²) in [7, 11) is -6.92. The number of anilines is 1. The number of carbonyl (C=O) groups excluding carboxylic acids is 2. The average Bonchev–Trinajstić information content (AvgIpc) is 3.61. The van der Waals surface area contributed by atoms with E-state index in [1.807, 2.05) is 36.1 Å². The molecule has 6 aromatic rings. The van der Waals surface area contributed by atoms with Crippen molar-refractivity contribution in [1.29, 1.82) is 0 Å². The van der Waals surface area contributed by atoms with Crippen molar-refractivity contribution in [1.82, 2.24) is 45.1 Å². The van der Waals surface area contributed by atoms with Gasteiger partial charge in [0, 0.05) is 65.4 Å². The molecule has 0 spiro atoms. The Morgan fingerprint density at radius 3 is 1.64 bits per heavy atom. The number of sulfonamides is 2. The Hall–Kier alpha value is -6.90. The number of aromatic amines is 2. The third-order valence-electron chi connectivity index (χ3n) is 11.2. The number of rotatable bonds is 11. The molecule has 2 saturated heterocycles. The second-order valence-electron chi connectivity index (χ2n) is 16.9. The summed E-state index contributed by atoms with van der Waals surface area (Å²) < 4.78 is 78.7. The second-order valence-corrected chi connectivity index (χ2v) is 21.6. The summed E-state index contributed by atoms with van der Waals surface area (Å²) in [6.07, 6.45) is 0. The van der Waals surface area contributed by atoms with Crippen LogP contribution in [0.4, 0.5) is 14.7 Å². The van der Waals surface area contributed by atoms with E-state index in [0.717, 1.165) is 28.5 Å². The van der Waals surface area contributed by atoms with Gasteiger partial charge in [0.25, 0.3) is 22.9 Å². The third-order valence-corrected chi connectivity index (χ3v) is 14.7. The van der Waals surface area contributed by atoms with E-state index in [4.69, 9.17) is 0 Å². The second kappa shape index (κ2) is 25.2. The smallest absolute Gasteiger partial charge is 0.295 e. The van der Waals surface area contributed by atoms with E-state index in [1.165, 1.54) is 47.5 Å². The first-order chi connectivity index (χ1) is 34.6. The van der Waals surface area contributed by atoms with Crippen LogP contribution in [0.1, 0.15) is 54.4 Å². The SMILES string of the molecule is Cc1ccc(CN2CCN(c3nc(C(=O)NCc4cccc(F)c4)c(O)c(=O)[nH]3)S(=O)(=O)CC2)cc1.Cc1ccc(CN2CCNS(=O)(=O)CC2)cc1.O=C(NCc1cccc(F)c1)c1nc(Br)[nH]c(=O)c1O. The standard InChI is InChI=1S/C24H26FN5O5S.C12H9BrFN3O3.C12H18N2O2S/c1-16-5-7-17(8-6-16)15-29-9-10-30(36(34,35)12-11-29)24-27-20(21(31)23(33)28-24)22(32)26-14-18-3-2-4-19(25)13-18;13-12-16-8(9(18)11(20)17-12)10(19)15-5-6-2-1-3-7(14)4-6;1-11-2-4-12(5-3-11)10-14-7-6-13-17(15,16)9-8-14/h2-8,13,31H,9-12,14-15H2,1H3,(H,26,32)(H,27,28,33);1-4,18H,5H2,(H,15,19)(H,16,17,20);2-5,13H,6-10H2,1H3. The molecule has 2 aliphatic rings. The summed E-state index contributed by atoms with van der Waals surface area (Å²) in [6.45, 7) is 7.88. The zero-order valence-electron chi connectivity index (χ0n) is 39.6. The predicted molar refractivity (Wildman–Crippen MR) is 272 cm³/mol. The largest absolute Gasteiger partial charge is 0.501 e. The molecule has 7 N–H and O–H groups in total. The van der Waals surface area contributed by atoms with Gasteiger partial charge in [-0.25, -0.2) is 44.6 Å². The van der Waals surface area contributed by atoms with Crippen molar-refractivity contribution in [3.8, 4) is 11.5 Å². The van der Waals surface area contributed by atoms with Crippen LogP contribution in [0.15, 0.2) is 111 Å². The van der Waals surface area contributed by atoms with E-state index >= 15 is 0 Å². The van der Waals surface area contributed by atoms with Crippen LogP contribution in [0.5, 0.6) is 11.5 Å². The number of hydrogen-bond acceptors (Lipinski definition) is 14. The summed E-state index contributed by atoms with van der Waals surface area (Å²) >= 11 is 2.91. The van der Waals surface area contributed by atoms with E-state index in [1.54, 1.807) is 12.1 Å². The number of halogens is 3. The number of amides is 2. The molecule has 4 aromatic carbocycles. The normalized spacial score (nSPS) is 15.5. The van der Waals surface area contributed by atoms with E-state index in [-0.39, 0.29) is 48.4 Å². The lowest BCUT2D eigenvalue weighted by molar-refractivity contribution is 0.0934. The number of aryl methyl sites for hydroxylation is 2. The molecule has 2 aromatic heterocycles. The molecule has 0 atom stereocenters.